The van der Waals surface area contributed by atoms with Gasteiger partial charge in [-0.05, 0) is 13.0 Å². The average molecular weight is 277 g/mol. The molecular formula is C11H16FNO4S. The molecule has 1 aromatic carbocycles. The number of rotatable bonds is 4. The SMILES string of the molecule is COc1c(C(C)N)cc(F)c(S(C)(=O)=O)c1OC. The summed E-state index contributed by atoms with van der Waals surface area (Å²) in [5.41, 5.74) is 6.04. The second-order valence-electron chi connectivity index (χ2n) is 3.90. The lowest BCUT2D eigenvalue weighted by Gasteiger charge is -2.18. The van der Waals surface area contributed by atoms with Crippen LogP contribution in [0.3, 0.4) is 0 Å². The van der Waals surface area contributed by atoms with Crippen LogP contribution < -0.4 is 15.2 Å². The largest absolute Gasteiger partial charge is 0.492 e. The van der Waals surface area contributed by atoms with Gasteiger partial charge in [0.2, 0.25) is 0 Å². The number of sulfone groups is 1. The summed E-state index contributed by atoms with van der Waals surface area (Å²) in [6.07, 6.45) is 0.902. The van der Waals surface area contributed by atoms with E-state index in [0.717, 1.165) is 12.3 Å². The highest BCUT2D eigenvalue weighted by Crippen LogP contribution is 2.41. The first-order valence-electron chi connectivity index (χ1n) is 5.14. The molecular weight excluding hydrogens is 261 g/mol. The second kappa shape index (κ2) is 5.11. The molecule has 7 heteroatoms. The second-order valence-corrected chi connectivity index (χ2v) is 5.86. The van der Waals surface area contributed by atoms with Gasteiger partial charge in [-0.1, -0.05) is 0 Å². The molecule has 0 aliphatic rings. The van der Waals surface area contributed by atoms with Gasteiger partial charge in [0.25, 0.3) is 0 Å². The predicted molar refractivity (Wildman–Crippen MR) is 65.2 cm³/mol. The summed E-state index contributed by atoms with van der Waals surface area (Å²) >= 11 is 0. The van der Waals surface area contributed by atoms with Crippen molar-refractivity contribution >= 4 is 9.84 Å². The van der Waals surface area contributed by atoms with Crippen LogP contribution in [-0.4, -0.2) is 28.9 Å². The normalized spacial score (nSPS) is 13.2. The van der Waals surface area contributed by atoms with E-state index in [4.69, 9.17) is 15.2 Å². The summed E-state index contributed by atoms with van der Waals surface area (Å²) in [5.74, 6) is -0.927. The van der Waals surface area contributed by atoms with Crippen molar-refractivity contribution in [3.8, 4) is 11.5 Å². The van der Waals surface area contributed by atoms with E-state index < -0.39 is 26.6 Å². The highest BCUT2D eigenvalue weighted by molar-refractivity contribution is 7.90. The van der Waals surface area contributed by atoms with E-state index in [1.54, 1.807) is 6.92 Å². The molecule has 1 aromatic rings. The van der Waals surface area contributed by atoms with E-state index in [-0.39, 0.29) is 11.5 Å². The maximum atomic E-state index is 13.9. The highest BCUT2D eigenvalue weighted by atomic mass is 32.2. The predicted octanol–water partition coefficient (Wildman–Crippen LogP) is 1.27. The van der Waals surface area contributed by atoms with E-state index in [1.165, 1.54) is 14.2 Å². The van der Waals surface area contributed by atoms with Gasteiger partial charge < -0.3 is 15.2 Å². The summed E-state index contributed by atoms with van der Waals surface area (Å²) in [4.78, 5) is -0.522. The van der Waals surface area contributed by atoms with Crippen LogP contribution in [0.4, 0.5) is 4.39 Å². The molecule has 0 heterocycles. The number of halogens is 1. The first-order chi connectivity index (χ1) is 8.23. The van der Waals surface area contributed by atoms with Crippen LogP contribution in [0, 0.1) is 5.82 Å². The van der Waals surface area contributed by atoms with Crippen LogP contribution in [0.5, 0.6) is 11.5 Å². The lowest BCUT2D eigenvalue weighted by Crippen LogP contribution is -2.12. The number of benzene rings is 1. The lowest BCUT2D eigenvalue weighted by atomic mass is 10.1. The van der Waals surface area contributed by atoms with E-state index in [0.29, 0.717) is 5.56 Å². The Morgan fingerprint density at radius 2 is 1.78 bits per heavy atom. The summed E-state index contributed by atoms with van der Waals surface area (Å²) in [6, 6.07) is 0.541. The summed E-state index contributed by atoms with van der Waals surface area (Å²) in [5, 5.41) is 0. The minimum Gasteiger partial charge on any atom is -0.492 e. The van der Waals surface area contributed by atoms with Crippen LogP contribution in [-0.2, 0) is 9.84 Å². The number of methoxy groups -OCH3 is 2. The van der Waals surface area contributed by atoms with Crippen molar-refractivity contribution in [2.24, 2.45) is 5.73 Å². The maximum Gasteiger partial charge on any atom is 0.182 e. The van der Waals surface area contributed by atoms with Crippen molar-refractivity contribution < 1.29 is 22.3 Å². The Morgan fingerprint density at radius 3 is 2.11 bits per heavy atom. The summed E-state index contributed by atoms with van der Waals surface area (Å²) in [6.45, 7) is 1.64. The third-order valence-electron chi connectivity index (χ3n) is 2.44. The van der Waals surface area contributed by atoms with Gasteiger partial charge in [-0.3, -0.25) is 0 Å². The fraction of sp³-hybridized carbons (Fsp3) is 0.455. The van der Waals surface area contributed by atoms with E-state index in [9.17, 15) is 12.8 Å². The molecule has 0 saturated carbocycles. The zero-order valence-electron chi connectivity index (χ0n) is 10.7. The topological polar surface area (TPSA) is 78.6 Å². The molecule has 0 spiro atoms. The Morgan fingerprint density at radius 1 is 1.28 bits per heavy atom. The van der Waals surface area contributed by atoms with Crippen LogP contribution in [0.1, 0.15) is 18.5 Å². The molecule has 5 nitrogen and oxygen atoms in total. The standard InChI is InChI=1S/C11H16FNO4S/c1-6(13)7-5-8(12)11(18(4,14)15)10(17-3)9(7)16-2/h5-6H,13H2,1-4H3. The van der Waals surface area contributed by atoms with Crippen molar-refractivity contribution in [2.75, 3.05) is 20.5 Å². The van der Waals surface area contributed by atoms with Crippen molar-refractivity contribution in [3.05, 3.63) is 17.4 Å². The van der Waals surface area contributed by atoms with Gasteiger partial charge in [0.15, 0.2) is 21.3 Å². The monoisotopic (exact) mass is 277 g/mol. The van der Waals surface area contributed by atoms with Gasteiger partial charge in [-0.25, -0.2) is 12.8 Å². The van der Waals surface area contributed by atoms with Crippen LogP contribution >= 0.6 is 0 Å². The first kappa shape index (κ1) is 14.7. The van der Waals surface area contributed by atoms with Crippen LogP contribution in [0.15, 0.2) is 11.0 Å². The minimum absolute atomic E-state index is 0.134. The number of hydrogen-bond acceptors (Lipinski definition) is 5. The van der Waals surface area contributed by atoms with E-state index in [1.807, 2.05) is 0 Å². The number of ether oxygens (including phenoxy) is 2. The van der Waals surface area contributed by atoms with Crippen molar-refractivity contribution in [1.29, 1.82) is 0 Å². The molecule has 0 aromatic heterocycles. The molecule has 0 aliphatic carbocycles. The summed E-state index contributed by atoms with van der Waals surface area (Å²) in [7, 11) is -1.18. The molecule has 0 fully saturated rings. The molecule has 1 rings (SSSR count). The highest BCUT2D eigenvalue weighted by Gasteiger charge is 2.27. The molecule has 102 valence electrons. The Bertz CT molecular complexity index is 555. The fourth-order valence-electron chi connectivity index (χ4n) is 1.69. The van der Waals surface area contributed by atoms with Gasteiger partial charge in [0.05, 0.1) is 14.2 Å². The third-order valence-corrected chi connectivity index (χ3v) is 3.57. The molecule has 1 atom stereocenters. The summed E-state index contributed by atoms with van der Waals surface area (Å²) < 4.78 is 47.1. The number of nitrogens with two attached hydrogens (primary N) is 1. The van der Waals surface area contributed by atoms with Gasteiger partial charge in [-0.2, -0.15) is 0 Å². The quantitative estimate of drug-likeness (QED) is 0.896. The van der Waals surface area contributed by atoms with Crippen LogP contribution in [0.25, 0.3) is 0 Å². The average Bonchev–Trinajstić information content (AvgIpc) is 2.25. The van der Waals surface area contributed by atoms with Crippen molar-refractivity contribution in [2.45, 2.75) is 17.9 Å². The van der Waals surface area contributed by atoms with Crippen LogP contribution in [0.2, 0.25) is 0 Å². The molecule has 0 bridgehead atoms. The Labute approximate surface area is 106 Å². The van der Waals surface area contributed by atoms with Crippen molar-refractivity contribution in [3.63, 3.8) is 0 Å². The molecule has 1 unspecified atom stereocenters. The van der Waals surface area contributed by atoms with Crippen molar-refractivity contribution in [1.82, 2.24) is 0 Å². The Hall–Kier alpha value is -1.34. The molecule has 0 radical (unpaired) electrons. The zero-order valence-corrected chi connectivity index (χ0v) is 11.5. The van der Waals surface area contributed by atoms with Gasteiger partial charge in [0, 0.05) is 17.9 Å². The van der Waals surface area contributed by atoms with E-state index in [2.05, 4.69) is 0 Å². The van der Waals surface area contributed by atoms with Gasteiger partial charge in [0.1, 0.15) is 10.7 Å². The fourth-order valence-corrected chi connectivity index (χ4v) is 2.62. The molecule has 2 N–H and O–H groups in total. The smallest absolute Gasteiger partial charge is 0.182 e. The zero-order chi connectivity index (χ0) is 14.1. The van der Waals surface area contributed by atoms with Gasteiger partial charge >= 0.3 is 0 Å². The molecule has 0 amide bonds. The molecule has 0 saturated heterocycles. The first-order valence-corrected chi connectivity index (χ1v) is 7.03. The lowest BCUT2D eigenvalue weighted by molar-refractivity contribution is 0.336. The van der Waals surface area contributed by atoms with E-state index >= 15 is 0 Å². The molecule has 0 aliphatic heterocycles. The minimum atomic E-state index is -3.77. The molecule has 18 heavy (non-hydrogen) atoms. The Kier molecular flexibility index (Phi) is 4.18. The number of hydrogen-bond donors (Lipinski definition) is 1. The third kappa shape index (κ3) is 2.56. The maximum absolute atomic E-state index is 13.9. The Balaban J connectivity index is 3.78. The van der Waals surface area contributed by atoms with Gasteiger partial charge in [-0.15, -0.1) is 0 Å².